The predicted octanol–water partition coefficient (Wildman–Crippen LogP) is 6.39. The van der Waals surface area contributed by atoms with Crippen molar-refractivity contribution in [2.75, 3.05) is 7.11 Å². The second-order valence-corrected chi connectivity index (χ2v) is 9.63. The second-order valence-electron chi connectivity index (χ2n) is 8.55. The Bertz CT molecular complexity index is 1040. The number of methoxy groups -OCH3 is 1. The Balaban J connectivity index is 1.80. The van der Waals surface area contributed by atoms with E-state index in [0.717, 1.165) is 14.3 Å². The van der Waals surface area contributed by atoms with E-state index in [2.05, 4.69) is 27.3 Å². The fourth-order valence-electron chi connectivity index (χ4n) is 4.17. The van der Waals surface area contributed by atoms with Crippen LogP contribution >= 0.6 is 22.6 Å². The zero-order valence-corrected chi connectivity index (χ0v) is 20.4. The number of rotatable bonds is 7. The molecular weight excluding hydrogens is 554 g/mol. The lowest BCUT2D eigenvalue weighted by atomic mass is 9.86. The fraction of sp³-hybridized carbons (Fsp3) is 0.522. The van der Waals surface area contributed by atoms with Gasteiger partial charge in [-0.05, 0) is 71.2 Å². The van der Waals surface area contributed by atoms with Gasteiger partial charge in [0.1, 0.15) is 5.75 Å². The number of esters is 1. The van der Waals surface area contributed by atoms with E-state index < -0.39 is 28.5 Å². The van der Waals surface area contributed by atoms with Gasteiger partial charge in [0.05, 0.1) is 29.1 Å². The van der Waals surface area contributed by atoms with Crippen LogP contribution < -0.4 is 4.74 Å². The predicted molar refractivity (Wildman–Crippen MR) is 125 cm³/mol. The third-order valence-electron chi connectivity index (χ3n) is 6.42. The summed E-state index contributed by atoms with van der Waals surface area (Å²) in [4.78, 5) is 23.0. The summed E-state index contributed by atoms with van der Waals surface area (Å²) in [6.07, 6.45) is -3.69. The van der Waals surface area contributed by atoms with E-state index in [1.54, 1.807) is 30.3 Å². The molecule has 3 rings (SSSR count). The quantitative estimate of drug-likeness (QED) is 0.165. The first-order chi connectivity index (χ1) is 15.5. The molecular formula is C23H25F3INO5. The van der Waals surface area contributed by atoms with Crippen molar-refractivity contribution in [3.8, 4) is 5.75 Å². The van der Waals surface area contributed by atoms with Gasteiger partial charge >= 0.3 is 12.1 Å². The largest absolute Gasteiger partial charge is 0.489 e. The number of ether oxygens (including phenoxy) is 2. The van der Waals surface area contributed by atoms with Crippen molar-refractivity contribution in [1.29, 1.82) is 0 Å². The molecule has 10 heteroatoms. The van der Waals surface area contributed by atoms with E-state index in [4.69, 9.17) is 4.74 Å². The highest BCUT2D eigenvalue weighted by molar-refractivity contribution is 14.1. The molecule has 0 radical (unpaired) electrons. The van der Waals surface area contributed by atoms with Gasteiger partial charge in [-0.25, -0.2) is 0 Å². The number of carbonyl (C=O) groups is 1. The highest BCUT2D eigenvalue weighted by atomic mass is 127. The van der Waals surface area contributed by atoms with Crippen LogP contribution in [0.3, 0.4) is 0 Å². The summed E-state index contributed by atoms with van der Waals surface area (Å²) >= 11 is 2.13. The third-order valence-corrected chi connectivity index (χ3v) is 7.53. The van der Waals surface area contributed by atoms with Crippen LogP contribution in [0.1, 0.15) is 51.0 Å². The van der Waals surface area contributed by atoms with Crippen molar-refractivity contribution >= 4 is 39.3 Å². The molecule has 2 aromatic rings. The van der Waals surface area contributed by atoms with E-state index >= 15 is 0 Å². The number of halogens is 4. The van der Waals surface area contributed by atoms with Crippen LogP contribution in [-0.2, 0) is 15.1 Å². The van der Waals surface area contributed by atoms with Crippen molar-refractivity contribution in [1.82, 2.24) is 0 Å². The van der Waals surface area contributed by atoms with Crippen LogP contribution in [-0.4, -0.2) is 30.3 Å². The standard InChI is InChI=1S/C23H25F3INO5/c1-22(28(30)31,12-11-20(29)32-2)16-6-9-18-14(13-16)3-10-19(21(18)27)33-17-7-4-15(5-8-17)23(24,25)26/h3,6,9-10,13,15,17H,4-5,7-8,11-12H2,1-2H3/t15-,17-,22?. The lowest BCUT2D eigenvalue weighted by Crippen LogP contribution is -2.32. The Morgan fingerprint density at radius 1 is 1.18 bits per heavy atom. The Morgan fingerprint density at radius 3 is 2.42 bits per heavy atom. The van der Waals surface area contributed by atoms with Crippen LogP contribution in [0.5, 0.6) is 5.75 Å². The highest BCUT2D eigenvalue weighted by Gasteiger charge is 2.42. The highest BCUT2D eigenvalue weighted by Crippen LogP contribution is 2.40. The molecule has 1 fully saturated rings. The van der Waals surface area contributed by atoms with Gasteiger partial charge in [-0.2, -0.15) is 13.2 Å². The summed E-state index contributed by atoms with van der Waals surface area (Å²) in [7, 11) is 1.24. The van der Waals surface area contributed by atoms with Crippen LogP contribution in [0, 0.1) is 19.6 Å². The van der Waals surface area contributed by atoms with Gasteiger partial charge in [0.25, 0.3) is 0 Å². The molecule has 0 aromatic heterocycles. The summed E-state index contributed by atoms with van der Waals surface area (Å²) in [6, 6.07) is 8.72. The maximum atomic E-state index is 12.9. The minimum absolute atomic E-state index is 0.00291. The molecule has 0 amide bonds. The van der Waals surface area contributed by atoms with Crippen molar-refractivity contribution < 1.29 is 32.4 Å². The monoisotopic (exact) mass is 579 g/mol. The van der Waals surface area contributed by atoms with Crippen molar-refractivity contribution in [2.24, 2.45) is 5.92 Å². The van der Waals surface area contributed by atoms with Gasteiger partial charge in [0, 0.05) is 23.8 Å². The number of alkyl halides is 3. The molecule has 6 nitrogen and oxygen atoms in total. The van der Waals surface area contributed by atoms with Crippen LogP contribution in [0.15, 0.2) is 30.3 Å². The minimum atomic E-state index is -4.16. The van der Waals surface area contributed by atoms with Crippen LogP contribution in [0.2, 0.25) is 0 Å². The Hall–Kier alpha value is -2.11. The fourth-order valence-corrected chi connectivity index (χ4v) is 4.97. The van der Waals surface area contributed by atoms with Crippen molar-refractivity contribution in [3.05, 3.63) is 49.6 Å². The first-order valence-electron chi connectivity index (χ1n) is 10.6. The molecule has 0 saturated heterocycles. The SMILES string of the molecule is COC(=O)CCC(C)(c1ccc2c(I)c(O[C@H]3CC[C@H](C(F)(F)F)CC3)ccc2c1)[N+](=O)[O-]. The van der Waals surface area contributed by atoms with Gasteiger partial charge in [0.15, 0.2) is 0 Å². The van der Waals surface area contributed by atoms with Gasteiger partial charge in [-0.15, -0.1) is 0 Å². The lowest BCUT2D eigenvalue weighted by Gasteiger charge is -2.30. The molecule has 180 valence electrons. The molecule has 1 unspecified atom stereocenters. The van der Waals surface area contributed by atoms with Gasteiger partial charge in [-0.1, -0.05) is 18.2 Å². The number of hydrogen-bond acceptors (Lipinski definition) is 5. The van der Waals surface area contributed by atoms with Crippen LogP contribution in [0.4, 0.5) is 13.2 Å². The zero-order valence-electron chi connectivity index (χ0n) is 18.3. The molecule has 0 N–H and O–H groups in total. The second kappa shape index (κ2) is 10.0. The van der Waals surface area contributed by atoms with E-state index in [9.17, 15) is 28.1 Å². The van der Waals surface area contributed by atoms with Crippen molar-refractivity contribution in [2.45, 2.75) is 63.3 Å². The molecule has 2 aromatic carbocycles. The molecule has 1 saturated carbocycles. The van der Waals surface area contributed by atoms with Crippen molar-refractivity contribution in [3.63, 3.8) is 0 Å². The molecule has 1 aliphatic rings. The molecule has 33 heavy (non-hydrogen) atoms. The molecule has 1 atom stereocenters. The summed E-state index contributed by atoms with van der Waals surface area (Å²) in [5.74, 6) is -1.18. The van der Waals surface area contributed by atoms with E-state index in [-0.39, 0.29) is 31.8 Å². The van der Waals surface area contributed by atoms with Gasteiger partial charge in [-0.3, -0.25) is 14.9 Å². The first kappa shape index (κ1) is 25.5. The maximum Gasteiger partial charge on any atom is 0.391 e. The number of nitro groups is 1. The Labute approximate surface area is 203 Å². The number of fused-ring (bicyclic) bond motifs is 1. The Morgan fingerprint density at radius 2 is 1.85 bits per heavy atom. The molecule has 0 bridgehead atoms. The van der Waals surface area contributed by atoms with Gasteiger partial charge < -0.3 is 9.47 Å². The topological polar surface area (TPSA) is 78.7 Å². The van der Waals surface area contributed by atoms with E-state index in [1.165, 1.54) is 14.0 Å². The normalized spacial score (nSPS) is 20.8. The Kier molecular flexibility index (Phi) is 7.75. The van der Waals surface area contributed by atoms with Gasteiger partial charge in [0.2, 0.25) is 5.54 Å². The average Bonchev–Trinajstić information content (AvgIpc) is 2.78. The lowest BCUT2D eigenvalue weighted by molar-refractivity contribution is -0.575. The maximum absolute atomic E-state index is 12.9. The molecule has 0 heterocycles. The summed E-state index contributed by atoms with van der Waals surface area (Å²) in [5.41, 5.74) is -0.987. The summed E-state index contributed by atoms with van der Waals surface area (Å²) in [5, 5.41) is 13.5. The average molecular weight is 579 g/mol. The minimum Gasteiger partial charge on any atom is -0.489 e. The summed E-state index contributed by atoms with van der Waals surface area (Å²) in [6.45, 7) is 1.48. The van der Waals surface area contributed by atoms with E-state index in [1.807, 2.05) is 0 Å². The zero-order chi connectivity index (χ0) is 24.4. The van der Waals surface area contributed by atoms with Crippen LogP contribution in [0.25, 0.3) is 10.8 Å². The summed E-state index contributed by atoms with van der Waals surface area (Å²) < 4.78 is 50.1. The number of benzene rings is 2. The number of nitrogens with zero attached hydrogens (tertiary/aromatic N) is 1. The number of carbonyl (C=O) groups excluding carboxylic acids is 1. The number of hydrogen-bond donors (Lipinski definition) is 0. The smallest absolute Gasteiger partial charge is 0.391 e. The molecule has 1 aliphatic carbocycles. The third kappa shape index (κ3) is 5.70. The van der Waals surface area contributed by atoms with E-state index in [0.29, 0.717) is 24.2 Å². The molecule has 0 spiro atoms. The molecule has 0 aliphatic heterocycles. The first-order valence-corrected chi connectivity index (χ1v) is 11.7.